The number of nitrogens with zero attached hydrogens (tertiary/aromatic N) is 1. The summed E-state index contributed by atoms with van der Waals surface area (Å²) in [6, 6.07) is -2.10. The number of primary amides is 2. The zero-order valence-corrected chi connectivity index (χ0v) is 13.8. The number of thiocarbonyl (C=S) groups is 2. The smallest absolute Gasteiger partial charge is 0.402 e. The summed E-state index contributed by atoms with van der Waals surface area (Å²) in [5.41, 5.74) is 28.4. The number of hydrazine groups is 4. The van der Waals surface area contributed by atoms with Crippen molar-refractivity contribution in [2.24, 2.45) is 22.9 Å². The summed E-state index contributed by atoms with van der Waals surface area (Å²) in [6.07, 6.45) is -1.24. The van der Waals surface area contributed by atoms with E-state index >= 15 is 0 Å². The molecule has 0 saturated carbocycles. The fourth-order valence-electron chi connectivity index (χ4n) is 1.11. The molecule has 5 amide bonds. The van der Waals surface area contributed by atoms with Gasteiger partial charge in [-0.1, -0.05) is 0 Å². The molecule has 15 nitrogen and oxygen atoms in total. The lowest BCUT2D eigenvalue weighted by molar-refractivity contribution is -0.0439. The first-order chi connectivity index (χ1) is 10.9. The summed E-state index contributed by atoms with van der Waals surface area (Å²) in [5, 5.41) is 4.20. The van der Waals surface area contributed by atoms with Gasteiger partial charge in [0.05, 0.1) is 0 Å². The van der Waals surface area contributed by atoms with E-state index in [1.165, 1.54) is 6.92 Å². The Balaban J connectivity index is 5.11. The van der Waals surface area contributed by atoms with Gasteiger partial charge < -0.3 is 33.0 Å². The highest BCUT2D eigenvalue weighted by molar-refractivity contribution is 7.80. The summed E-state index contributed by atoms with van der Waals surface area (Å²) in [4.78, 5) is 33.8. The highest BCUT2D eigenvalue weighted by atomic mass is 32.1. The molecule has 1 atom stereocenters. The summed E-state index contributed by atoms with van der Waals surface area (Å²) >= 11 is 9.13. The highest BCUT2D eigenvalue weighted by Crippen LogP contribution is 2.03. The van der Waals surface area contributed by atoms with Crippen LogP contribution in [0.5, 0.6) is 0 Å². The number of carbonyl (C=O) groups is 3. The van der Waals surface area contributed by atoms with Crippen LogP contribution in [0, 0.1) is 0 Å². The van der Waals surface area contributed by atoms with E-state index in [2.05, 4.69) is 46.0 Å². The summed E-state index contributed by atoms with van der Waals surface area (Å²) in [6.45, 7) is 1.18. The molecule has 1 unspecified atom stereocenters. The van der Waals surface area contributed by atoms with Crippen LogP contribution >= 0.6 is 24.4 Å². The van der Waals surface area contributed by atoms with E-state index in [-0.39, 0.29) is 10.2 Å². The second-order valence-electron chi connectivity index (χ2n) is 3.92. The first-order valence-electron chi connectivity index (χ1n) is 5.75. The normalized spacial score (nSPS) is 12.0. The molecule has 0 aromatic rings. The van der Waals surface area contributed by atoms with Crippen LogP contribution in [0.25, 0.3) is 0 Å². The van der Waals surface area contributed by atoms with Crippen molar-refractivity contribution in [1.29, 1.82) is 0 Å². The highest BCUT2D eigenvalue weighted by Gasteiger charge is 2.33. The van der Waals surface area contributed by atoms with Crippen LogP contribution < -0.4 is 55.5 Å². The number of carbonyl (C=O) groups excluding carboxylic acids is 3. The molecule has 0 spiro atoms. The Hall–Kier alpha value is -2.89. The number of ether oxygens (including phenoxy) is 1. The van der Waals surface area contributed by atoms with Gasteiger partial charge in [0.2, 0.25) is 0 Å². The van der Waals surface area contributed by atoms with Gasteiger partial charge in [-0.2, -0.15) is 0 Å². The summed E-state index contributed by atoms with van der Waals surface area (Å²) < 4.78 is 4.94. The third-order valence-electron chi connectivity index (χ3n) is 1.78. The Labute approximate surface area is 146 Å². The monoisotopic (exact) mass is 383 g/mol. The van der Waals surface area contributed by atoms with E-state index in [1.807, 2.05) is 11.0 Å². The molecule has 24 heavy (non-hydrogen) atoms. The average Bonchev–Trinajstić information content (AvgIpc) is 2.34. The van der Waals surface area contributed by atoms with Crippen LogP contribution in [-0.4, -0.2) is 39.3 Å². The lowest BCUT2D eigenvalue weighted by Crippen LogP contribution is -2.68. The van der Waals surface area contributed by atoms with Crippen LogP contribution in [0.1, 0.15) is 6.92 Å². The molecule has 17 heteroatoms. The second kappa shape index (κ2) is 9.29. The molecule has 0 aliphatic rings. The summed E-state index contributed by atoms with van der Waals surface area (Å²) in [5.74, 6) is -1.92. The third kappa shape index (κ3) is 9.19. The summed E-state index contributed by atoms with van der Waals surface area (Å²) in [7, 11) is 0. The van der Waals surface area contributed by atoms with Gasteiger partial charge in [-0.3, -0.25) is 16.2 Å². The molecule has 0 aliphatic heterocycles. The SMILES string of the molecule is CC(NC(N)=O)(NC(N)=S)OC(=O)N(NNC(N)=O)NNC(N)=S. The molecule has 0 fully saturated rings. The number of rotatable bonds is 7. The van der Waals surface area contributed by atoms with Crippen LogP contribution in [-0.2, 0) is 4.74 Å². The van der Waals surface area contributed by atoms with Crippen molar-refractivity contribution in [3.8, 4) is 0 Å². The topological polar surface area (TPSA) is 240 Å². The number of hydrogen-bond acceptors (Lipinski definition) is 8. The number of nitrogens with one attached hydrogen (secondary N) is 6. The minimum atomic E-state index is -1.92. The van der Waals surface area contributed by atoms with Crippen LogP contribution in [0.4, 0.5) is 14.4 Å². The molecule has 0 aromatic carbocycles. The number of urea groups is 2. The van der Waals surface area contributed by atoms with Gasteiger partial charge in [0.1, 0.15) is 0 Å². The van der Waals surface area contributed by atoms with Crippen LogP contribution in [0.2, 0.25) is 0 Å². The van der Waals surface area contributed by atoms with E-state index < -0.39 is 24.0 Å². The van der Waals surface area contributed by atoms with Crippen LogP contribution in [0.3, 0.4) is 0 Å². The minimum absolute atomic E-state index is 0.257. The quantitative estimate of drug-likeness (QED) is 0.115. The maximum atomic E-state index is 12.1. The standard InChI is InChI=1S/C7H17N11O4S2/c1-7(12-2(8)19,13-4(10)23)22-6(21)18(16-14-3(9)20)17-15-5(11)24/h16-17H,1H3,(H3,8,12,19)(H3,9,14,20)(H3,10,13,23)(H3,11,15,24). The fraction of sp³-hybridized carbons (Fsp3) is 0.286. The van der Waals surface area contributed by atoms with Crippen molar-refractivity contribution >= 4 is 52.8 Å². The Morgan fingerprint density at radius 2 is 1.46 bits per heavy atom. The van der Waals surface area contributed by atoms with E-state index in [0.717, 1.165) is 0 Å². The van der Waals surface area contributed by atoms with Gasteiger partial charge in [0.25, 0.3) is 5.85 Å². The van der Waals surface area contributed by atoms with Crippen LogP contribution in [0.15, 0.2) is 0 Å². The lowest BCUT2D eigenvalue weighted by Gasteiger charge is -2.33. The van der Waals surface area contributed by atoms with E-state index in [1.54, 1.807) is 0 Å². The lowest BCUT2D eigenvalue weighted by atomic mass is 10.4. The second-order valence-corrected chi connectivity index (χ2v) is 4.80. The molecule has 0 aliphatic carbocycles. The molecular weight excluding hydrogens is 366 g/mol. The number of amides is 5. The molecule has 0 bridgehead atoms. The predicted octanol–water partition coefficient (Wildman–Crippen LogP) is -4.06. The predicted molar refractivity (Wildman–Crippen MR) is 88.3 cm³/mol. The largest absolute Gasteiger partial charge is 0.445 e. The average molecular weight is 383 g/mol. The van der Waals surface area contributed by atoms with Gasteiger partial charge >= 0.3 is 18.2 Å². The van der Waals surface area contributed by atoms with E-state index in [9.17, 15) is 14.4 Å². The van der Waals surface area contributed by atoms with Crippen molar-refractivity contribution in [2.45, 2.75) is 12.8 Å². The molecule has 0 rings (SSSR count). The van der Waals surface area contributed by atoms with E-state index in [4.69, 9.17) is 27.7 Å². The molecule has 0 radical (unpaired) electrons. The van der Waals surface area contributed by atoms with Crippen molar-refractivity contribution in [3.63, 3.8) is 0 Å². The van der Waals surface area contributed by atoms with E-state index in [0.29, 0.717) is 5.12 Å². The molecular formula is C7H17N11O4S2. The minimum Gasteiger partial charge on any atom is -0.402 e. The zero-order chi connectivity index (χ0) is 18.9. The Kier molecular flexibility index (Phi) is 8.18. The Bertz CT molecular complexity index is 495. The third-order valence-corrected chi connectivity index (χ3v) is 1.98. The maximum absolute atomic E-state index is 12.1. The van der Waals surface area contributed by atoms with Crippen molar-refractivity contribution in [1.82, 2.24) is 37.7 Å². The molecule has 0 aromatic heterocycles. The maximum Gasteiger partial charge on any atom is 0.445 e. The molecule has 136 valence electrons. The molecule has 0 saturated heterocycles. The number of hydrogen-bond donors (Lipinski definition) is 10. The first kappa shape index (κ1) is 21.1. The van der Waals surface area contributed by atoms with Crippen molar-refractivity contribution in [3.05, 3.63) is 0 Å². The number of nitrogens with two attached hydrogens (primary N) is 4. The van der Waals surface area contributed by atoms with Gasteiger partial charge in [-0.15, -0.1) is 16.2 Å². The van der Waals surface area contributed by atoms with Crippen molar-refractivity contribution in [2.75, 3.05) is 0 Å². The molecule has 0 heterocycles. The Morgan fingerprint density at radius 3 is 1.88 bits per heavy atom. The molecule has 14 N–H and O–H groups in total. The van der Waals surface area contributed by atoms with Gasteiger partial charge in [0.15, 0.2) is 10.2 Å². The van der Waals surface area contributed by atoms with Gasteiger partial charge in [0, 0.05) is 6.92 Å². The Morgan fingerprint density at radius 1 is 0.917 bits per heavy atom. The first-order valence-corrected chi connectivity index (χ1v) is 6.57. The van der Waals surface area contributed by atoms with Gasteiger partial charge in [-0.05, 0) is 24.4 Å². The van der Waals surface area contributed by atoms with Crippen molar-refractivity contribution < 1.29 is 19.1 Å². The fourth-order valence-corrected chi connectivity index (χ4v) is 1.35. The zero-order valence-electron chi connectivity index (χ0n) is 12.2. The van der Waals surface area contributed by atoms with Gasteiger partial charge in [-0.25, -0.2) is 14.4 Å².